The average Bonchev–Trinajstić information content (AvgIpc) is 3.27. The highest BCUT2D eigenvalue weighted by Gasteiger charge is 2.13. The van der Waals surface area contributed by atoms with E-state index in [-0.39, 0.29) is 5.82 Å². The van der Waals surface area contributed by atoms with Crippen molar-refractivity contribution < 1.29 is 4.39 Å². The van der Waals surface area contributed by atoms with Gasteiger partial charge in [0.15, 0.2) is 5.82 Å². The fourth-order valence-electron chi connectivity index (χ4n) is 3.20. The van der Waals surface area contributed by atoms with Gasteiger partial charge in [0.2, 0.25) is 0 Å². The van der Waals surface area contributed by atoms with Crippen molar-refractivity contribution in [3.05, 3.63) is 57.9 Å². The summed E-state index contributed by atoms with van der Waals surface area (Å²) in [6.45, 7) is 10.1. The Bertz CT molecular complexity index is 1130. The minimum Gasteiger partial charge on any atom is -0.277 e. The zero-order valence-corrected chi connectivity index (χ0v) is 17.7. The van der Waals surface area contributed by atoms with Crippen LogP contribution in [-0.2, 0) is 6.42 Å². The largest absolute Gasteiger partial charge is 0.277 e. The molecule has 152 valence electrons. The van der Waals surface area contributed by atoms with Crippen LogP contribution < -0.4 is 10.6 Å². The maximum absolute atomic E-state index is 14.0. The first-order valence-corrected chi connectivity index (χ1v) is 10.1. The lowest BCUT2D eigenvalue weighted by atomic mass is 10.1. The SMILES string of the molecule is CC.Cc1ccc(-c2n[nH]c3c2=CCC(c2n[nH]c(CC(C)C)n2)=CC=3)cc1F. The third-order valence-electron chi connectivity index (χ3n) is 4.68. The van der Waals surface area contributed by atoms with Gasteiger partial charge in [0.05, 0.1) is 11.0 Å². The first-order chi connectivity index (χ1) is 14.0. The van der Waals surface area contributed by atoms with Crippen LogP contribution in [0.25, 0.3) is 29.0 Å². The molecule has 2 N–H and O–H groups in total. The molecule has 3 aromatic rings. The molecule has 29 heavy (non-hydrogen) atoms. The number of H-pyrrole nitrogens is 2. The maximum Gasteiger partial charge on any atom is 0.177 e. The Morgan fingerprint density at radius 1 is 1.10 bits per heavy atom. The molecule has 0 atom stereocenters. The Labute approximate surface area is 170 Å². The molecule has 0 saturated heterocycles. The summed E-state index contributed by atoms with van der Waals surface area (Å²) in [6, 6.07) is 5.21. The van der Waals surface area contributed by atoms with E-state index in [1.165, 1.54) is 6.07 Å². The number of allylic oxidation sites excluding steroid dienone is 2. The van der Waals surface area contributed by atoms with Crippen LogP contribution in [0.5, 0.6) is 0 Å². The zero-order chi connectivity index (χ0) is 21.0. The van der Waals surface area contributed by atoms with Gasteiger partial charge < -0.3 is 0 Å². The summed E-state index contributed by atoms with van der Waals surface area (Å²) >= 11 is 0. The summed E-state index contributed by atoms with van der Waals surface area (Å²) in [7, 11) is 0. The summed E-state index contributed by atoms with van der Waals surface area (Å²) in [5.41, 5.74) is 3.18. The van der Waals surface area contributed by atoms with Crippen LogP contribution in [0.2, 0.25) is 0 Å². The number of hydrogen-bond acceptors (Lipinski definition) is 3. The highest BCUT2D eigenvalue weighted by Crippen LogP contribution is 2.19. The van der Waals surface area contributed by atoms with Gasteiger partial charge in [-0.25, -0.2) is 9.37 Å². The molecule has 0 aliphatic heterocycles. The molecule has 1 aliphatic rings. The van der Waals surface area contributed by atoms with Crippen molar-refractivity contribution in [2.75, 3.05) is 0 Å². The normalized spacial score (nSPS) is 12.9. The van der Waals surface area contributed by atoms with E-state index in [0.29, 0.717) is 17.9 Å². The third kappa shape index (κ3) is 4.53. The van der Waals surface area contributed by atoms with Crippen LogP contribution in [0.1, 0.15) is 51.3 Å². The first-order valence-electron chi connectivity index (χ1n) is 10.1. The second-order valence-electron chi connectivity index (χ2n) is 7.33. The van der Waals surface area contributed by atoms with E-state index in [0.717, 1.165) is 45.5 Å². The summed E-state index contributed by atoms with van der Waals surface area (Å²) in [6.07, 6.45) is 7.65. The summed E-state index contributed by atoms with van der Waals surface area (Å²) in [5.74, 6) is 1.93. The number of aryl methyl sites for hydroxylation is 1. The van der Waals surface area contributed by atoms with Crippen LogP contribution >= 0.6 is 0 Å². The van der Waals surface area contributed by atoms with Crippen molar-refractivity contribution in [2.45, 2.75) is 47.5 Å². The van der Waals surface area contributed by atoms with Gasteiger partial charge in [-0.1, -0.05) is 52.0 Å². The van der Waals surface area contributed by atoms with Gasteiger partial charge in [0, 0.05) is 22.8 Å². The van der Waals surface area contributed by atoms with Crippen molar-refractivity contribution in [1.82, 2.24) is 25.4 Å². The van der Waals surface area contributed by atoms with E-state index >= 15 is 0 Å². The Balaban J connectivity index is 0.00000117. The molecule has 1 aromatic carbocycles. The molecule has 0 spiro atoms. The number of nitrogens with one attached hydrogen (secondary N) is 2. The number of hydrogen-bond donors (Lipinski definition) is 2. The van der Waals surface area contributed by atoms with Gasteiger partial charge in [0.1, 0.15) is 11.6 Å². The molecule has 4 rings (SSSR count). The van der Waals surface area contributed by atoms with Crippen LogP contribution in [0, 0.1) is 18.7 Å². The number of halogens is 1. The fraction of sp³-hybridized carbons (Fsp3) is 0.348. The van der Waals surface area contributed by atoms with E-state index in [9.17, 15) is 4.39 Å². The Kier molecular flexibility index (Phi) is 6.42. The highest BCUT2D eigenvalue weighted by atomic mass is 19.1. The number of rotatable bonds is 4. The van der Waals surface area contributed by atoms with Crippen molar-refractivity contribution in [3.63, 3.8) is 0 Å². The van der Waals surface area contributed by atoms with E-state index < -0.39 is 0 Å². The van der Waals surface area contributed by atoms with Crippen molar-refractivity contribution in [3.8, 4) is 11.3 Å². The van der Waals surface area contributed by atoms with E-state index in [2.05, 4.69) is 45.3 Å². The number of nitrogens with zero attached hydrogens (tertiary/aromatic N) is 3. The molecule has 0 radical (unpaired) electrons. The fourth-order valence-corrected chi connectivity index (χ4v) is 3.20. The van der Waals surface area contributed by atoms with Crippen LogP contribution in [-0.4, -0.2) is 25.4 Å². The van der Waals surface area contributed by atoms with Gasteiger partial charge in [-0.2, -0.15) is 10.2 Å². The number of benzene rings is 1. The smallest absolute Gasteiger partial charge is 0.177 e. The molecule has 1 aliphatic carbocycles. The van der Waals surface area contributed by atoms with E-state index in [1.807, 2.05) is 32.1 Å². The number of aromatic nitrogens is 5. The Morgan fingerprint density at radius 3 is 2.62 bits per heavy atom. The van der Waals surface area contributed by atoms with Crippen molar-refractivity contribution in [1.29, 1.82) is 0 Å². The van der Waals surface area contributed by atoms with Gasteiger partial charge in [0.25, 0.3) is 0 Å². The highest BCUT2D eigenvalue weighted by molar-refractivity contribution is 5.74. The summed E-state index contributed by atoms with van der Waals surface area (Å²) < 4.78 is 14.0. The zero-order valence-electron chi connectivity index (χ0n) is 17.7. The maximum atomic E-state index is 14.0. The van der Waals surface area contributed by atoms with E-state index in [1.54, 1.807) is 13.0 Å². The quantitative estimate of drug-likeness (QED) is 0.706. The molecule has 0 unspecified atom stereocenters. The molecule has 0 amide bonds. The lowest BCUT2D eigenvalue weighted by Gasteiger charge is -2.01. The minimum atomic E-state index is -0.223. The standard InChI is InChI=1S/C21H22FN5.C2H6/c1-12(2)10-19-23-21(27-25-19)14-6-8-16-18(9-7-14)24-26-20(16)15-5-4-13(3)17(22)11-15;1-2/h4-5,7-9,11-12,24H,6,10H2,1-3H3,(H,23,25,27);1-2H3. The Morgan fingerprint density at radius 2 is 1.90 bits per heavy atom. The first kappa shape index (κ1) is 20.7. The second-order valence-corrected chi connectivity index (χ2v) is 7.33. The molecular formula is C23H28FN5. The predicted octanol–water partition coefficient (Wildman–Crippen LogP) is 3.92. The second kappa shape index (κ2) is 8.99. The monoisotopic (exact) mass is 393 g/mol. The van der Waals surface area contributed by atoms with Gasteiger partial charge in [-0.3, -0.25) is 10.2 Å². The topological polar surface area (TPSA) is 70.2 Å². The molecule has 2 aromatic heterocycles. The average molecular weight is 394 g/mol. The Hall–Kier alpha value is -3.02. The summed E-state index contributed by atoms with van der Waals surface area (Å²) in [5, 5.41) is 16.7. The van der Waals surface area contributed by atoms with Gasteiger partial charge >= 0.3 is 0 Å². The number of fused-ring (bicyclic) bond motifs is 1. The molecule has 0 fully saturated rings. The molecule has 6 heteroatoms. The molecule has 2 heterocycles. The third-order valence-corrected chi connectivity index (χ3v) is 4.68. The molecule has 0 saturated carbocycles. The molecule has 0 bridgehead atoms. The van der Waals surface area contributed by atoms with Crippen LogP contribution in [0.3, 0.4) is 0 Å². The lowest BCUT2D eigenvalue weighted by Crippen LogP contribution is -2.22. The summed E-state index contributed by atoms with van der Waals surface area (Å²) in [4.78, 5) is 4.61. The number of aromatic amines is 2. The van der Waals surface area contributed by atoms with E-state index in [4.69, 9.17) is 0 Å². The van der Waals surface area contributed by atoms with Crippen LogP contribution in [0.15, 0.2) is 24.3 Å². The van der Waals surface area contributed by atoms with Crippen molar-refractivity contribution >= 4 is 17.7 Å². The lowest BCUT2D eigenvalue weighted by molar-refractivity contribution is 0.619. The minimum absolute atomic E-state index is 0.223. The van der Waals surface area contributed by atoms with Gasteiger partial charge in [-0.05, 0) is 37.0 Å². The van der Waals surface area contributed by atoms with Gasteiger partial charge in [-0.15, -0.1) is 0 Å². The predicted molar refractivity (Wildman–Crippen MR) is 116 cm³/mol. The molecule has 5 nitrogen and oxygen atoms in total. The van der Waals surface area contributed by atoms with Crippen molar-refractivity contribution in [2.24, 2.45) is 5.92 Å². The molecular weight excluding hydrogens is 365 g/mol. The van der Waals surface area contributed by atoms with Crippen LogP contribution in [0.4, 0.5) is 4.39 Å².